The van der Waals surface area contributed by atoms with Gasteiger partial charge in [-0.1, -0.05) is 19.3 Å². The van der Waals surface area contributed by atoms with E-state index in [0.717, 1.165) is 19.3 Å². The molecule has 2 amide bonds. The monoisotopic (exact) mass is 445 g/mol. The van der Waals surface area contributed by atoms with E-state index in [1.54, 1.807) is 13.0 Å². The molecule has 3 N–H and O–H groups in total. The minimum absolute atomic E-state index is 0.0486. The van der Waals surface area contributed by atoms with E-state index >= 15 is 0 Å². The average molecular weight is 446 g/mol. The molecule has 2 fully saturated rings. The number of hydrogen-bond acceptors (Lipinski definition) is 7. The average Bonchev–Trinajstić information content (AvgIpc) is 2.83. The number of carbonyl (C=O) groups is 2. The van der Waals surface area contributed by atoms with Gasteiger partial charge in [0.05, 0.1) is 18.1 Å². The number of aromatic nitrogens is 2. The molecule has 1 aromatic heterocycles. The lowest BCUT2D eigenvalue weighted by Crippen LogP contribution is -2.45. The van der Waals surface area contributed by atoms with E-state index in [4.69, 9.17) is 9.57 Å². The van der Waals surface area contributed by atoms with Crippen molar-refractivity contribution in [1.82, 2.24) is 20.8 Å². The van der Waals surface area contributed by atoms with E-state index in [1.165, 1.54) is 50.6 Å². The summed E-state index contributed by atoms with van der Waals surface area (Å²) >= 11 is 0. The maximum absolute atomic E-state index is 12.5. The molecule has 1 saturated heterocycles. The fraction of sp³-hybridized carbons (Fsp3) is 0.652. The zero-order valence-electron chi connectivity index (χ0n) is 19.0. The Labute approximate surface area is 189 Å². The van der Waals surface area contributed by atoms with Crippen LogP contribution in [-0.2, 0) is 19.2 Å². The minimum atomic E-state index is -0.429. The molecule has 2 heterocycles. The second-order valence-electron chi connectivity index (χ2n) is 8.60. The van der Waals surface area contributed by atoms with Gasteiger partial charge in [-0.25, -0.2) is 15.3 Å². The van der Waals surface area contributed by atoms with Crippen LogP contribution < -0.4 is 16.1 Å². The number of rotatable bonds is 9. The van der Waals surface area contributed by atoms with Crippen LogP contribution in [0.25, 0.3) is 6.08 Å². The summed E-state index contributed by atoms with van der Waals surface area (Å²) in [6, 6.07) is -0.257. The van der Waals surface area contributed by atoms with Gasteiger partial charge in [0.1, 0.15) is 11.9 Å². The standard InChI is InChI=1S/C23H35N5O4/c1-16(18-8-4-3-5-9-18)27-23(30)17(2)26-20-15-24-19(14-25-20)11-12-21(29)28-32-22-10-6-7-13-31-22/h11-12,14-18,22H,3-10,13H2,1-2H3,(H,25,26)(H,27,30)(H,28,29)/t16-,17-,22?/m1/s1. The van der Waals surface area contributed by atoms with E-state index in [9.17, 15) is 9.59 Å². The zero-order chi connectivity index (χ0) is 22.8. The quantitative estimate of drug-likeness (QED) is 0.395. The summed E-state index contributed by atoms with van der Waals surface area (Å²) in [6.07, 6.45) is 14.5. The van der Waals surface area contributed by atoms with Crippen LogP contribution in [0.5, 0.6) is 0 Å². The summed E-state index contributed by atoms with van der Waals surface area (Å²) in [7, 11) is 0. The van der Waals surface area contributed by atoms with Crippen LogP contribution in [-0.4, -0.2) is 46.8 Å². The highest BCUT2D eigenvalue weighted by Crippen LogP contribution is 2.26. The molecular weight excluding hydrogens is 410 g/mol. The van der Waals surface area contributed by atoms with Crippen molar-refractivity contribution in [2.24, 2.45) is 5.92 Å². The molecule has 0 radical (unpaired) electrons. The first-order valence-corrected chi connectivity index (χ1v) is 11.7. The molecular formula is C23H35N5O4. The number of ether oxygens (including phenoxy) is 1. The number of hydrogen-bond donors (Lipinski definition) is 3. The summed E-state index contributed by atoms with van der Waals surface area (Å²) in [5.74, 6) is 0.605. The van der Waals surface area contributed by atoms with Gasteiger partial charge >= 0.3 is 0 Å². The highest BCUT2D eigenvalue weighted by molar-refractivity contribution is 5.90. The van der Waals surface area contributed by atoms with Crippen LogP contribution >= 0.6 is 0 Å². The third kappa shape index (κ3) is 7.87. The Kier molecular flexibility index (Phi) is 9.43. The van der Waals surface area contributed by atoms with Crippen LogP contribution in [0.15, 0.2) is 18.5 Å². The van der Waals surface area contributed by atoms with Crippen molar-refractivity contribution in [1.29, 1.82) is 0 Å². The largest absolute Gasteiger partial charge is 0.357 e. The Morgan fingerprint density at radius 2 is 1.88 bits per heavy atom. The summed E-state index contributed by atoms with van der Waals surface area (Å²) in [4.78, 5) is 38.2. The molecule has 32 heavy (non-hydrogen) atoms. The predicted octanol–water partition coefficient (Wildman–Crippen LogP) is 2.95. The van der Waals surface area contributed by atoms with Gasteiger partial charge in [0.25, 0.3) is 5.91 Å². The van der Waals surface area contributed by atoms with E-state index < -0.39 is 18.2 Å². The highest BCUT2D eigenvalue weighted by Gasteiger charge is 2.23. The van der Waals surface area contributed by atoms with Gasteiger partial charge in [0.15, 0.2) is 6.29 Å². The molecule has 9 nitrogen and oxygen atoms in total. The van der Waals surface area contributed by atoms with Crippen molar-refractivity contribution in [2.75, 3.05) is 11.9 Å². The predicted molar refractivity (Wildman–Crippen MR) is 121 cm³/mol. The maximum Gasteiger partial charge on any atom is 0.267 e. The van der Waals surface area contributed by atoms with E-state index in [0.29, 0.717) is 24.0 Å². The fourth-order valence-corrected chi connectivity index (χ4v) is 4.01. The normalized spacial score (nSPS) is 21.6. The number of amides is 2. The Morgan fingerprint density at radius 1 is 1.09 bits per heavy atom. The lowest BCUT2D eigenvalue weighted by molar-refractivity contribution is -0.198. The van der Waals surface area contributed by atoms with Gasteiger partial charge in [-0.15, -0.1) is 0 Å². The van der Waals surface area contributed by atoms with Crippen LogP contribution in [0.4, 0.5) is 5.82 Å². The van der Waals surface area contributed by atoms with E-state index in [-0.39, 0.29) is 11.9 Å². The number of carbonyl (C=O) groups excluding carboxylic acids is 2. The van der Waals surface area contributed by atoms with Crippen LogP contribution in [0.2, 0.25) is 0 Å². The third-order valence-electron chi connectivity index (χ3n) is 5.99. The first-order valence-electron chi connectivity index (χ1n) is 11.7. The zero-order valence-corrected chi connectivity index (χ0v) is 19.0. The van der Waals surface area contributed by atoms with Crippen molar-refractivity contribution < 1.29 is 19.2 Å². The van der Waals surface area contributed by atoms with Crippen molar-refractivity contribution >= 4 is 23.7 Å². The summed E-state index contributed by atoms with van der Waals surface area (Å²) in [6.45, 7) is 4.54. The highest BCUT2D eigenvalue weighted by atomic mass is 16.8. The molecule has 3 rings (SSSR count). The molecule has 1 saturated carbocycles. The molecule has 1 aliphatic heterocycles. The summed E-state index contributed by atoms with van der Waals surface area (Å²) in [5, 5.41) is 6.20. The molecule has 2 aliphatic rings. The van der Waals surface area contributed by atoms with Gasteiger partial charge in [-0.05, 0) is 51.5 Å². The SMILES string of the molecule is C[C@@H](Nc1cnc(C=CC(=O)NOC2CCCCO2)cn1)C(=O)N[C@H](C)C1CCCCC1. The van der Waals surface area contributed by atoms with E-state index in [2.05, 4.69) is 33.0 Å². The van der Waals surface area contributed by atoms with Crippen molar-refractivity contribution in [3.05, 3.63) is 24.2 Å². The number of nitrogens with one attached hydrogen (secondary N) is 3. The first-order chi connectivity index (χ1) is 15.5. The lowest BCUT2D eigenvalue weighted by atomic mass is 9.84. The first kappa shape index (κ1) is 24.1. The maximum atomic E-state index is 12.5. The molecule has 1 unspecified atom stereocenters. The molecule has 0 aromatic carbocycles. The van der Waals surface area contributed by atoms with Crippen LogP contribution in [0.3, 0.4) is 0 Å². The van der Waals surface area contributed by atoms with Crippen LogP contribution in [0.1, 0.15) is 70.9 Å². The van der Waals surface area contributed by atoms with Gasteiger partial charge in [0, 0.05) is 25.1 Å². The van der Waals surface area contributed by atoms with Crippen molar-refractivity contribution in [3.8, 4) is 0 Å². The molecule has 0 bridgehead atoms. The molecule has 1 aliphatic carbocycles. The number of anilines is 1. The fourth-order valence-electron chi connectivity index (χ4n) is 4.01. The summed E-state index contributed by atoms with van der Waals surface area (Å²) < 4.78 is 5.39. The number of hydroxylamine groups is 1. The van der Waals surface area contributed by atoms with Crippen molar-refractivity contribution in [3.63, 3.8) is 0 Å². The Balaban J connectivity index is 1.40. The second kappa shape index (κ2) is 12.5. The Bertz CT molecular complexity index is 758. The Morgan fingerprint density at radius 3 is 2.56 bits per heavy atom. The van der Waals surface area contributed by atoms with Gasteiger partial charge < -0.3 is 15.4 Å². The molecule has 3 atom stereocenters. The molecule has 9 heteroatoms. The lowest BCUT2D eigenvalue weighted by Gasteiger charge is -2.29. The topological polar surface area (TPSA) is 114 Å². The van der Waals surface area contributed by atoms with Crippen molar-refractivity contribution in [2.45, 2.75) is 83.6 Å². The Hall–Kier alpha value is -2.52. The third-order valence-corrected chi connectivity index (χ3v) is 5.99. The number of nitrogens with zero attached hydrogens (tertiary/aromatic N) is 2. The summed E-state index contributed by atoms with van der Waals surface area (Å²) in [5.41, 5.74) is 2.87. The second-order valence-corrected chi connectivity index (χ2v) is 8.60. The smallest absolute Gasteiger partial charge is 0.267 e. The molecule has 1 aromatic rings. The van der Waals surface area contributed by atoms with Crippen LogP contribution in [0, 0.1) is 5.92 Å². The van der Waals surface area contributed by atoms with Gasteiger partial charge in [0.2, 0.25) is 5.91 Å². The minimum Gasteiger partial charge on any atom is -0.357 e. The molecule has 176 valence electrons. The van der Waals surface area contributed by atoms with Gasteiger partial charge in [-0.2, -0.15) is 0 Å². The van der Waals surface area contributed by atoms with E-state index in [1.807, 2.05) is 0 Å². The van der Waals surface area contributed by atoms with Gasteiger partial charge in [-0.3, -0.25) is 14.6 Å². The molecule has 0 spiro atoms.